The van der Waals surface area contributed by atoms with Crippen molar-refractivity contribution in [3.8, 4) is 0 Å². The highest BCUT2D eigenvalue weighted by Crippen LogP contribution is 2.29. The van der Waals surface area contributed by atoms with Gasteiger partial charge in [0.1, 0.15) is 0 Å². The molecule has 7 nitrogen and oxygen atoms in total. The second kappa shape index (κ2) is 8.16. The van der Waals surface area contributed by atoms with Crippen LogP contribution in [0.25, 0.3) is 11.1 Å². The molecule has 0 fully saturated rings. The lowest BCUT2D eigenvalue weighted by molar-refractivity contribution is -0.119. The van der Waals surface area contributed by atoms with Crippen molar-refractivity contribution < 1.29 is 14.1 Å². The van der Waals surface area contributed by atoms with Gasteiger partial charge in [0, 0.05) is 15.6 Å². The molecule has 0 spiro atoms. The highest BCUT2D eigenvalue weighted by molar-refractivity contribution is 8.00. The first kappa shape index (κ1) is 19.5. The number of thioether (sulfide) groups is 1. The molecule has 140 valence electrons. The smallest absolute Gasteiger partial charge is 0.270 e. The first-order chi connectivity index (χ1) is 12.8. The van der Waals surface area contributed by atoms with Crippen molar-refractivity contribution >= 4 is 57.9 Å². The minimum atomic E-state index is -0.490. The van der Waals surface area contributed by atoms with E-state index in [2.05, 4.69) is 21.0 Å². The third kappa shape index (κ3) is 4.52. The van der Waals surface area contributed by atoms with Crippen LogP contribution in [0.5, 0.6) is 0 Å². The van der Waals surface area contributed by atoms with E-state index >= 15 is 0 Å². The van der Waals surface area contributed by atoms with Crippen LogP contribution in [0.3, 0.4) is 0 Å². The molecule has 1 aromatic carbocycles. The molecule has 27 heavy (non-hydrogen) atoms. The Morgan fingerprint density at radius 2 is 1.96 bits per heavy atom. The van der Waals surface area contributed by atoms with Crippen LogP contribution < -0.4 is 10.9 Å². The van der Waals surface area contributed by atoms with Crippen LogP contribution in [0.4, 0.5) is 0 Å². The number of fused-ring (bicyclic) bond motifs is 1. The average Bonchev–Trinajstić information content (AvgIpc) is 3.00. The van der Waals surface area contributed by atoms with Crippen molar-refractivity contribution in [2.75, 3.05) is 5.75 Å². The van der Waals surface area contributed by atoms with Gasteiger partial charge in [-0.3, -0.25) is 20.4 Å². The minimum absolute atomic E-state index is 0.0530. The number of nitrogens with one attached hydrogen (secondary N) is 2. The third-order valence-corrected chi connectivity index (χ3v) is 5.29. The Morgan fingerprint density at radius 3 is 2.74 bits per heavy atom. The predicted molar refractivity (Wildman–Crippen MR) is 104 cm³/mol. The first-order valence-corrected chi connectivity index (χ1v) is 9.50. The van der Waals surface area contributed by atoms with E-state index in [0.29, 0.717) is 37.3 Å². The van der Waals surface area contributed by atoms with Gasteiger partial charge in [0.2, 0.25) is 5.91 Å². The summed E-state index contributed by atoms with van der Waals surface area (Å²) in [6.07, 6.45) is 0. The number of aromatic nitrogens is 2. The van der Waals surface area contributed by atoms with Gasteiger partial charge in [-0.15, -0.1) is 11.8 Å². The molecular formula is C17H14Cl2N4O3S. The summed E-state index contributed by atoms with van der Waals surface area (Å²) in [6.45, 7) is 3.45. The van der Waals surface area contributed by atoms with Crippen molar-refractivity contribution in [3.05, 3.63) is 51.3 Å². The molecule has 2 aromatic heterocycles. The van der Waals surface area contributed by atoms with E-state index < -0.39 is 11.8 Å². The lowest BCUT2D eigenvalue weighted by Gasteiger charge is -2.09. The van der Waals surface area contributed by atoms with E-state index in [4.69, 9.17) is 27.7 Å². The molecule has 0 bridgehead atoms. The molecule has 10 heteroatoms. The second-order valence-corrected chi connectivity index (χ2v) is 7.49. The molecule has 2 amide bonds. The number of nitrogens with zero attached hydrogens (tertiary/aromatic N) is 2. The summed E-state index contributed by atoms with van der Waals surface area (Å²) in [7, 11) is 0. The van der Waals surface area contributed by atoms with Crippen molar-refractivity contribution in [2.45, 2.75) is 18.7 Å². The van der Waals surface area contributed by atoms with Gasteiger partial charge in [-0.05, 0) is 38.1 Å². The quantitative estimate of drug-likeness (QED) is 0.489. The summed E-state index contributed by atoms with van der Waals surface area (Å²) < 4.78 is 5.10. The Kier molecular flexibility index (Phi) is 5.88. The standard InChI is InChI=1S/C17H14Cl2N4O3S/c1-8-5-11(15-9(2)23-26-17(15)20-8)16(25)22-21-14(24)7-27-13-6-10(18)3-4-12(13)19/h3-6H,7H2,1-2H3,(H,21,24)(H,22,25). The van der Waals surface area contributed by atoms with Crippen LogP contribution in [0.1, 0.15) is 21.7 Å². The van der Waals surface area contributed by atoms with Crippen LogP contribution in [0, 0.1) is 13.8 Å². The molecule has 0 aliphatic rings. The summed E-state index contributed by atoms with van der Waals surface area (Å²) in [5.41, 5.74) is 6.50. The van der Waals surface area contributed by atoms with Gasteiger partial charge in [0.25, 0.3) is 11.6 Å². The number of carbonyl (C=O) groups is 2. The summed E-state index contributed by atoms with van der Waals surface area (Å²) in [6, 6.07) is 6.60. The number of halogens is 2. The molecule has 0 aliphatic carbocycles. The molecule has 0 saturated heterocycles. The first-order valence-electron chi connectivity index (χ1n) is 7.76. The molecule has 3 aromatic rings. The highest BCUT2D eigenvalue weighted by atomic mass is 35.5. The fourth-order valence-corrected chi connectivity index (χ4v) is 3.65. The summed E-state index contributed by atoms with van der Waals surface area (Å²) in [5.74, 6) is -0.832. The zero-order valence-electron chi connectivity index (χ0n) is 14.3. The number of pyridine rings is 1. The molecule has 3 rings (SSSR count). The van der Waals surface area contributed by atoms with Gasteiger partial charge in [-0.1, -0.05) is 28.4 Å². The zero-order chi connectivity index (χ0) is 19.6. The van der Waals surface area contributed by atoms with Crippen molar-refractivity contribution in [1.29, 1.82) is 0 Å². The molecule has 2 N–H and O–H groups in total. The topological polar surface area (TPSA) is 97.1 Å². The molecule has 0 aliphatic heterocycles. The van der Waals surface area contributed by atoms with Crippen LogP contribution >= 0.6 is 35.0 Å². The van der Waals surface area contributed by atoms with Gasteiger partial charge in [0.05, 0.1) is 27.4 Å². The van der Waals surface area contributed by atoms with E-state index in [1.54, 1.807) is 38.1 Å². The van der Waals surface area contributed by atoms with E-state index in [9.17, 15) is 9.59 Å². The average molecular weight is 425 g/mol. The van der Waals surface area contributed by atoms with Gasteiger partial charge >= 0.3 is 0 Å². The highest BCUT2D eigenvalue weighted by Gasteiger charge is 2.18. The summed E-state index contributed by atoms with van der Waals surface area (Å²) in [4.78, 5) is 29.4. The lowest BCUT2D eigenvalue weighted by Crippen LogP contribution is -2.42. The maximum atomic E-state index is 12.5. The fourth-order valence-electron chi connectivity index (χ4n) is 2.36. The molecule has 2 heterocycles. The maximum absolute atomic E-state index is 12.5. The normalized spacial score (nSPS) is 10.8. The Hall–Kier alpha value is -2.29. The number of carbonyl (C=O) groups excluding carboxylic acids is 2. The second-order valence-electron chi connectivity index (χ2n) is 5.63. The summed E-state index contributed by atoms with van der Waals surface area (Å²) in [5, 5.41) is 5.35. The van der Waals surface area contributed by atoms with Gasteiger partial charge in [0.15, 0.2) is 0 Å². The molecule has 0 radical (unpaired) electrons. The molecule has 0 saturated carbocycles. The number of hydrogen-bond acceptors (Lipinski definition) is 6. The van der Waals surface area contributed by atoms with Crippen LogP contribution in [0.2, 0.25) is 10.0 Å². The van der Waals surface area contributed by atoms with Gasteiger partial charge < -0.3 is 4.52 Å². The minimum Gasteiger partial charge on any atom is -0.336 e. The molecular weight excluding hydrogens is 411 g/mol. The lowest BCUT2D eigenvalue weighted by atomic mass is 10.1. The van der Waals surface area contributed by atoms with Crippen LogP contribution in [0.15, 0.2) is 33.7 Å². The molecule has 0 unspecified atom stereocenters. The fraction of sp³-hybridized carbons (Fsp3) is 0.176. The largest absolute Gasteiger partial charge is 0.336 e. The SMILES string of the molecule is Cc1cc(C(=O)NNC(=O)CSc2cc(Cl)ccc2Cl)c2c(C)noc2n1. The third-order valence-electron chi connectivity index (χ3n) is 3.56. The number of hydrazine groups is 1. The monoisotopic (exact) mass is 424 g/mol. The van der Waals surface area contributed by atoms with Crippen LogP contribution in [-0.4, -0.2) is 27.7 Å². The number of amides is 2. The van der Waals surface area contributed by atoms with Crippen LogP contribution in [-0.2, 0) is 4.79 Å². The van der Waals surface area contributed by atoms with E-state index in [0.717, 1.165) is 0 Å². The Morgan fingerprint density at radius 1 is 1.19 bits per heavy atom. The predicted octanol–water partition coefficient (Wildman–Crippen LogP) is 3.70. The molecule has 0 atom stereocenters. The number of benzene rings is 1. The number of rotatable bonds is 4. The Balaban J connectivity index is 1.63. The zero-order valence-corrected chi connectivity index (χ0v) is 16.6. The summed E-state index contributed by atoms with van der Waals surface area (Å²) >= 11 is 13.2. The van der Waals surface area contributed by atoms with Crippen molar-refractivity contribution in [2.24, 2.45) is 0 Å². The van der Waals surface area contributed by atoms with E-state index in [1.807, 2.05) is 0 Å². The maximum Gasteiger partial charge on any atom is 0.270 e. The number of aryl methyl sites for hydroxylation is 2. The van der Waals surface area contributed by atoms with Crippen molar-refractivity contribution in [1.82, 2.24) is 21.0 Å². The van der Waals surface area contributed by atoms with Gasteiger partial charge in [-0.25, -0.2) is 4.98 Å². The van der Waals surface area contributed by atoms with Gasteiger partial charge in [-0.2, -0.15) is 0 Å². The number of hydrogen-bond donors (Lipinski definition) is 2. The van der Waals surface area contributed by atoms with Crippen molar-refractivity contribution in [3.63, 3.8) is 0 Å². The van der Waals surface area contributed by atoms with E-state index in [1.165, 1.54) is 11.8 Å². The Bertz CT molecular complexity index is 1040. The Labute approximate surface area is 168 Å². The van der Waals surface area contributed by atoms with E-state index in [-0.39, 0.29) is 11.5 Å².